The largest absolute Gasteiger partial charge is 0.460 e. The summed E-state index contributed by atoms with van der Waals surface area (Å²) in [7, 11) is -3.91. The number of anilines is 1. The number of benzene rings is 2. The van der Waals surface area contributed by atoms with Crippen LogP contribution >= 0.6 is 0 Å². The van der Waals surface area contributed by atoms with E-state index in [1.54, 1.807) is 26.0 Å². The summed E-state index contributed by atoms with van der Waals surface area (Å²) in [5.74, 6) is -0.552. The number of aromatic amines is 2. The van der Waals surface area contributed by atoms with E-state index in [0.29, 0.717) is 33.3 Å². The van der Waals surface area contributed by atoms with Gasteiger partial charge < -0.3 is 19.1 Å². The van der Waals surface area contributed by atoms with Crippen LogP contribution in [0.2, 0.25) is 0 Å². The Kier molecular flexibility index (Phi) is 4.42. The van der Waals surface area contributed by atoms with Crippen LogP contribution in [0.25, 0.3) is 22.0 Å². The summed E-state index contributed by atoms with van der Waals surface area (Å²) in [5.41, 5.74) is 1.86. The van der Waals surface area contributed by atoms with Crippen LogP contribution in [0.1, 0.15) is 23.0 Å². The molecule has 0 amide bonds. The molecular formula is C19H17N3O6S. The Morgan fingerprint density at radius 1 is 1.14 bits per heavy atom. The summed E-state index contributed by atoms with van der Waals surface area (Å²) in [4.78, 5) is 28.5. The maximum absolute atomic E-state index is 12.8. The number of imidazole rings is 1. The lowest BCUT2D eigenvalue weighted by molar-refractivity contribution is 0.0491. The molecule has 4 rings (SSSR count). The zero-order valence-corrected chi connectivity index (χ0v) is 16.3. The van der Waals surface area contributed by atoms with Crippen molar-refractivity contribution in [2.24, 2.45) is 0 Å². The molecule has 0 aliphatic rings. The molecule has 4 aromatic rings. The van der Waals surface area contributed by atoms with E-state index in [1.807, 2.05) is 0 Å². The number of H-pyrrole nitrogens is 2. The number of furan rings is 1. The molecule has 0 saturated carbocycles. The number of aryl methyl sites for hydroxylation is 1. The van der Waals surface area contributed by atoms with Gasteiger partial charge in [0.15, 0.2) is 0 Å². The van der Waals surface area contributed by atoms with Crippen LogP contribution in [0, 0.1) is 6.92 Å². The van der Waals surface area contributed by atoms with Crippen LogP contribution < -0.4 is 10.4 Å². The molecule has 0 saturated heterocycles. The Labute approximate surface area is 164 Å². The summed E-state index contributed by atoms with van der Waals surface area (Å²) in [6, 6.07) is 8.98. The lowest BCUT2D eigenvalue weighted by Crippen LogP contribution is -2.12. The maximum Gasteiger partial charge on any atom is 0.374 e. The highest BCUT2D eigenvalue weighted by Gasteiger charge is 2.22. The van der Waals surface area contributed by atoms with Gasteiger partial charge in [0.2, 0.25) is 5.76 Å². The van der Waals surface area contributed by atoms with E-state index in [1.165, 1.54) is 24.3 Å². The number of nitrogens with one attached hydrogen (secondary N) is 3. The summed E-state index contributed by atoms with van der Waals surface area (Å²) in [6.07, 6.45) is 0. The summed E-state index contributed by atoms with van der Waals surface area (Å²) >= 11 is 0. The van der Waals surface area contributed by atoms with Crippen molar-refractivity contribution in [1.29, 1.82) is 0 Å². The van der Waals surface area contributed by atoms with E-state index >= 15 is 0 Å². The minimum Gasteiger partial charge on any atom is -0.460 e. The number of aromatic nitrogens is 2. The topological polar surface area (TPSA) is 134 Å². The Balaban J connectivity index is 1.70. The molecule has 2 heterocycles. The number of hydrogen-bond acceptors (Lipinski definition) is 6. The minimum atomic E-state index is -3.91. The highest BCUT2D eigenvalue weighted by atomic mass is 32.2. The Morgan fingerprint density at radius 3 is 2.66 bits per heavy atom. The monoisotopic (exact) mass is 415 g/mol. The van der Waals surface area contributed by atoms with Crippen LogP contribution in [0.15, 0.2) is 50.5 Å². The molecule has 3 N–H and O–H groups in total. The standard InChI is InChI=1S/C19H17N3O6S/c1-3-27-18(23)17-10(2)13-9-12(5-7-16(13)28-17)29(25,26)22-11-4-6-14-15(8-11)21-19(24)20-14/h4-9,22H,3H2,1-2H3,(H2,20,21,24). The second-order valence-electron chi connectivity index (χ2n) is 6.38. The first kappa shape index (κ1) is 18.8. The van der Waals surface area contributed by atoms with Crippen molar-refractivity contribution in [3.05, 3.63) is 58.2 Å². The molecule has 0 aliphatic heterocycles. The Bertz CT molecular complexity index is 1410. The molecule has 0 bridgehead atoms. The third-order valence-electron chi connectivity index (χ3n) is 4.45. The Hall–Kier alpha value is -3.53. The second-order valence-corrected chi connectivity index (χ2v) is 8.06. The molecule has 9 nitrogen and oxygen atoms in total. The average Bonchev–Trinajstić information content (AvgIpc) is 3.20. The van der Waals surface area contributed by atoms with E-state index in [4.69, 9.17) is 9.15 Å². The Morgan fingerprint density at radius 2 is 1.90 bits per heavy atom. The van der Waals surface area contributed by atoms with Crippen LogP contribution in [0.3, 0.4) is 0 Å². The van der Waals surface area contributed by atoms with Gasteiger partial charge in [0.25, 0.3) is 10.0 Å². The molecule has 29 heavy (non-hydrogen) atoms. The lowest BCUT2D eigenvalue weighted by Gasteiger charge is -2.08. The number of ether oxygens (including phenoxy) is 1. The second kappa shape index (κ2) is 6.82. The first-order valence-electron chi connectivity index (χ1n) is 8.73. The van der Waals surface area contributed by atoms with Crippen LogP contribution in [0.5, 0.6) is 0 Å². The SMILES string of the molecule is CCOC(=O)c1oc2ccc(S(=O)(=O)Nc3ccc4[nH]c(=O)[nH]c4c3)cc2c1C. The van der Waals surface area contributed by atoms with Gasteiger partial charge in [-0.3, -0.25) is 4.72 Å². The fourth-order valence-corrected chi connectivity index (χ4v) is 4.14. The third kappa shape index (κ3) is 3.38. The zero-order chi connectivity index (χ0) is 20.8. The van der Waals surface area contributed by atoms with Gasteiger partial charge in [0.1, 0.15) is 5.58 Å². The van der Waals surface area contributed by atoms with Crippen LogP contribution in [0.4, 0.5) is 5.69 Å². The molecule has 0 radical (unpaired) electrons. The summed E-state index contributed by atoms with van der Waals surface area (Å²) in [6.45, 7) is 3.56. The summed E-state index contributed by atoms with van der Waals surface area (Å²) < 4.78 is 38.6. The van der Waals surface area contributed by atoms with Crippen molar-refractivity contribution in [2.75, 3.05) is 11.3 Å². The molecule has 150 valence electrons. The predicted octanol–water partition coefficient (Wildman–Crippen LogP) is 2.89. The van der Waals surface area contributed by atoms with E-state index in [0.717, 1.165) is 0 Å². The van der Waals surface area contributed by atoms with Crippen molar-refractivity contribution in [2.45, 2.75) is 18.7 Å². The van der Waals surface area contributed by atoms with Crippen molar-refractivity contribution in [3.8, 4) is 0 Å². The third-order valence-corrected chi connectivity index (χ3v) is 5.83. The van der Waals surface area contributed by atoms with E-state index in [9.17, 15) is 18.0 Å². The minimum absolute atomic E-state index is 0.00645. The highest BCUT2D eigenvalue weighted by Crippen LogP contribution is 2.29. The number of carbonyl (C=O) groups excluding carboxylic acids is 1. The number of carbonyl (C=O) groups is 1. The van der Waals surface area contributed by atoms with Crippen molar-refractivity contribution in [3.63, 3.8) is 0 Å². The van der Waals surface area contributed by atoms with E-state index in [2.05, 4.69) is 14.7 Å². The highest BCUT2D eigenvalue weighted by molar-refractivity contribution is 7.92. The van der Waals surface area contributed by atoms with Gasteiger partial charge in [0, 0.05) is 10.9 Å². The number of hydrogen-bond donors (Lipinski definition) is 3. The lowest BCUT2D eigenvalue weighted by atomic mass is 10.1. The normalized spacial score (nSPS) is 11.8. The number of rotatable bonds is 5. The molecule has 2 aromatic carbocycles. The average molecular weight is 415 g/mol. The van der Waals surface area contributed by atoms with Gasteiger partial charge in [0.05, 0.1) is 28.2 Å². The van der Waals surface area contributed by atoms with Crippen LogP contribution in [-0.2, 0) is 14.8 Å². The number of esters is 1. The van der Waals surface area contributed by atoms with E-state index in [-0.39, 0.29) is 23.0 Å². The van der Waals surface area contributed by atoms with E-state index < -0.39 is 16.0 Å². The molecule has 0 fully saturated rings. The zero-order valence-electron chi connectivity index (χ0n) is 15.5. The summed E-state index contributed by atoms with van der Waals surface area (Å²) in [5, 5.41) is 0.501. The molecular weight excluding hydrogens is 398 g/mol. The number of sulfonamides is 1. The van der Waals surface area contributed by atoms with Gasteiger partial charge in [-0.2, -0.15) is 0 Å². The van der Waals surface area contributed by atoms with Gasteiger partial charge in [-0.15, -0.1) is 0 Å². The molecule has 0 unspecified atom stereocenters. The van der Waals surface area contributed by atoms with Crippen LogP contribution in [-0.4, -0.2) is 31.0 Å². The maximum atomic E-state index is 12.8. The first-order chi connectivity index (χ1) is 13.8. The molecule has 10 heteroatoms. The smallest absolute Gasteiger partial charge is 0.374 e. The molecule has 0 spiro atoms. The molecule has 2 aromatic heterocycles. The predicted molar refractivity (Wildman–Crippen MR) is 107 cm³/mol. The fraction of sp³-hybridized carbons (Fsp3) is 0.158. The van der Waals surface area contributed by atoms with Crippen molar-refractivity contribution >= 4 is 43.7 Å². The quantitative estimate of drug-likeness (QED) is 0.429. The molecule has 0 aliphatic carbocycles. The van der Waals surface area contributed by atoms with Crippen molar-refractivity contribution in [1.82, 2.24) is 9.97 Å². The van der Waals surface area contributed by atoms with Gasteiger partial charge in [-0.05, 0) is 50.2 Å². The van der Waals surface area contributed by atoms with Gasteiger partial charge >= 0.3 is 11.7 Å². The van der Waals surface area contributed by atoms with Gasteiger partial charge in [-0.25, -0.2) is 18.0 Å². The first-order valence-corrected chi connectivity index (χ1v) is 10.2. The number of fused-ring (bicyclic) bond motifs is 2. The van der Waals surface area contributed by atoms with Gasteiger partial charge in [-0.1, -0.05) is 0 Å². The van der Waals surface area contributed by atoms with Crippen molar-refractivity contribution < 1.29 is 22.4 Å². The molecule has 0 atom stereocenters. The fourth-order valence-electron chi connectivity index (χ4n) is 3.07.